The summed E-state index contributed by atoms with van der Waals surface area (Å²) in [5, 5.41) is 30.8. The van der Waals surface area contributed by atoms with Gasteiger partial charge in [-0.2, -0.15) is 4.90 Å². The molecule has 3 amide bonds. The molecule has 3 N–H and O–H groups in total. The zero-order valence-corrected chi connectivity index (χ0v) is 20.8. The number of carbonyl (C=O) groups is 3. The van der Waals surface area contributed by atoms with Crippen LogP contribution in [0.1, 0.15) is 43.3 Å². The number of aliphatic hydroxyl groups excluding tert-OH is 3. The van der Waals surface area contributed by atoms with Crippen molar-refractivity contribution in [3.8, 4) is 0 Å². The van der Waals surface area contributed by atoms with Gasteiger partial charge in [0.1, 0.15) is 18.1 Å². The number of methoxy groups -OCH3 is 1. The van der Waals surface area contributed by atoms with Crippen molar-refractivity contribution in [3.05, 3.63) is 70.7 Å². The van der Waals surface area contributed by atoms with Crippen molar-refractivity contribution in [3.63, 3.8) is 0 Å². The van der Waals surface area contributed by atoms with Gasteiger partial charge < -0.3 is 24.5 Å². The number of carbonyl (C=O) groups excluding carboxylic acids is 3. The Bertz CT molecular complexity index is 1230. The molecule has 37 heavy (non-hydrogen) atoms. The predicted octanol–water partition coefficient (Wildman–Crippen LogP) is 3.15. The monoisotopic (exact) mass is 509 g/mol. The lowest BCUT2D eigenvalue weighted by Crippen LogP contribution is -2.39. The number of furan rings is 1. The summed E-state index contributed by atoms with van der Waals surface area (Å²) in [5.41, 5.74) is 3.10. The van der Waals surface area contributed by atoms with Crippen molar-refractivity contribution >= 4 is 29.6 Å². The minimum atomic E-state index is -1.04. The number of likely N-dealkylation sites (tertiary alicyclic amines) is 1. The van der Waals surface area contributed by atoms with Gasteiger partial charge in [-0.25, -0.2) is 4.79 Å². The van der Waals surface area contributed by atoms with Gasteiger partial charge in [0.05, 0.1) is 31.7 Å². The van der Waals surface area contributed by atoms with E-state index in [1.54, 1.807) is 19.1 Å². The summed E-state index contributed by atoms with van der Waals surface area (Å²) < 4.78 is 10.2. The van der Waals surface area contributed by atoms with Crippen molar-refractivity contribution < 1.29 is 38.9 Å². The standard InChI is InChI=1S/C28H31NO8/c1-16-12-21-25(27(34)29(26(21)33)28(35)36-2)22(15-31)24(16)23(32)11-8-18(17-6-4-3-5-7-17)13-19-9-10-20(14-30)37-19/h3-7,9-10,13,21-23,25,30-32H,8,11-12,14-15H2,1-2H3/b18-13-/t21-,22+,23-,25-/m1/s1. The van der Waals surface area contributed by atoms with Gasteiger partial charge in [-0.1, -0.05) is 35.9 Å². The first kappa shape index (κ1) is 26.5. The van der Waals surface area contributed by atoms with Crippen LogP contribution in [0, 0.1) is 17.8 Å². The van der Waals surface area contributed by atoms with E-state index >= 15 is 0 Å². The summed E-state index contributed by atoms with van der Waals surface area (Å²) in [4.78, 5) is 38.4. The minimum absolute atomic E-state index is 0.208. The quantitative estimate of drug-likeness (QED) is 0.365. The first-order chi connectivity index (χ1) is 17.8. The smallest absolute Gasteiger partial charge is 0.423 e. The summed E-state index contributed by atoms with van der Waals surface area (Å²) in [6.07, 6.45) is 0.785. The Labute approximate surface area is 214 Å². The molecule has 0 radical (unpaired) electrons. The van der Waals surface area contributed by atoms with Crippen LogP contribution in [0.2, 0.25) is 0 Å². The number of rotatable bonds is 8. The molecule has 196 valence electrons. The summed E-state index contributed by atoms with van der Waals surface area (Å²) in [5.74, 6) is -2.84. The van der Waals surface area contributed by atoms with Gasteiger partial charge in [0, 0.05) is 5.92 Å². The second-order valence-electron chi connectivity index (χ2n) is 9.40. The number of nitrogens with zero attached hydrogens (tertiary/aromatic N) is 1. The molecular formula is C28H31NO8. The number of amides is 3. The van der Waals surface area contributed by atoms with Crippen LogP contribution in [0.4, 0.5) is 4.79 Å². The van der Waals surface area contributed by atoms with Crippen LogP contribution in [0.25, 0.3) is 11.6 Å². The normalized spacial score (nSPS) is 22.9. The van der Waals surface area contributed by atoms with Gasteiger partial charge in [0.25, 0.3) is 0 Å². The zero-order chi connectivity index (χ0) is 26.7. The van der Waals surface area contributed by atoms with E-state index < -0.39 is 48.4 Å². The number of hydrogen-bond acceptors (Lipinski definition) is 8. The Balaban J connectivity index is 1.58. The fourth-order valence-electron chi connectivity index (χ4n) is 5.52. The summed E-state index contributed by atoms with van der Waals surface area (Å²) in [6, 6.07) is 13.1. The number of fused-ring (bicyclic) bond motifs is 1. The molecule has 0 saturated carbocycles. The number of aliphatic hydroxyl groups is 3. The topological polar surface area (TPSA) is 138 Å². The maximum absolute atomic E-state index is 13.0. The first-order valence-corrected chi connectivity index (χ1v) is 12.2. The molecule has 1 saturated heterocycles. The third kappa shape index (κ3) is 5.16. The third-order valence-corrected chi connectivity index (χ3v) is 7.23. The van der Waals surface area contributed by atoms with Crippen LogP contribution in [-0.4, -0.2) is 57.9 Å². The second-order valence-corrected chi connectivity index (χ2v) is 9.40. The Hall–Kier alpha value is -3.53. The van der Waals surface area contributed by atoms with Crippen LogP contribution in [0.15, 0.2) is 58.0 Å². The highest BCUT2D eigenvalue weighted by atomic mass is 16.5. The van der Waals surface area contributed by atoms with Crippen LogP contribution in [0.3, 0.4) is 0 Å². The lowest BCUT2D eigenvalue weighted by Gasteiger charge is -2.35. The molecule has 0 unspecified atom stereocenters. The maximum Gasteiger partial charge on any atom is 0.423 e. The van der Waals surface area contributed by atoms with Gasteiger partial charge in [-0.05, 0) is 61.1 Å². The Morgan fingerprint density at radius 2 is 1.89 bits per heavy atom. The van der Waals surface area contributed by atoms with E-state index in [1.807, 2.05) is 36.4 Å². The highest BCUT2D eigenvalue weighted by Gasteiger charge is 2.56. The van der Waals surface area contributed by atoms with E-state index in [0.29, 0.717) is 28.4 Å². The molecule has 2 aromatic rings. The van der Waals surface area contributed by atoms with Crippen molar-refractivity contribution in [1.29, 1.82) is 0 Å². The predicted molar refractivity (Wildman–Crippen MR) is 133 cm³/mol. The van der Waals surface area contributed by atoms with Crippen LogP contribution >= 0.6 is 0 Å². The lowest BCUT2D eigenvalue weighted by atomic mass is 9.68. The molecule has 0 bridgehead atoms. The van der Waals surface area contributed by atoms with Crippen LogP contribution in [0.5, 0.6) is 0 Å². The lowest BCUT2D eigenvalue weighted by molar-refractivity contribution is -0.137. The highest BCUT2D eigenvalue weighted by Crippen LogP contribution is 2.46. The molecule has 1 aliphatic carbocycles. The minimum Gasteiger partial charge on any atom is -0.459 e. The average Bonchev–Trinajstić information content (AvgIpc) is 3.47. The molecule has 4 atom stereocenters. The van der Waals surface area contributed by atoms with Crippen molar-refractivity contribution in [2.24, 2.45) is 17.8 Å². The summed E-state index contributed by atoms with van der Waals surface area (Å²) in [6.45, 7) is 1.12. The summed E-state index contributed by atoms with van der Waals surface area (Å²) >= 11 is 0. The van der Waals surface area contributed by atoms with Gasteiger partial charge >= 0.3 is 6.09 Å². The molecular weight excluding hydrogens is 478 g/mol. The van der Waals surface area contributed by atoms with E-state index in [1.165, 1.54) is 0 Å². The highest BCUT2D eigenvalue weighted by molar-refractivity contribution is 6.16. The van der Waals surface area contributed by atoms with E-state index in [-0.39, 0.29) is 19.4 Å². The van der Waals surface area contributed by atoms with Crippen LogP contribution < -0.4 is 0 Å². The van der Waals surface area contributed by atoms with E-state index in [9.17, 15) is 29.7 Å². The second kappa shape index (κ2) is 11.2. The fourth-order valence-corrected chi connectivity index (χ4v) is 5.52. The summed E-state index contributed by atoms with van der Waals surface area (Å²) in [7, 11) is 1.10. The Kier molecular flexibility index (Phi) is 8.06. The molecule has 0 spiro atoms. The maximum atomic E-state index is 13.0. The van der Waals surface area contributed by atoms with E-state index in [2.05, 4.69) is 4.74 Å². The molecule has 9 nitrogen and oxygen atoms in total. The molecule has 1 aromatic carbocycles. The third-order valence-electron chi connectivity index (χ3n) is 7.23. The average molecular weight is 510 g/mol. The van der Waals surface area contributed by atoms with Gasteiger partial charge in [-0.15, -0.1) is 0 Å². The van der Waals surface area contributed by atoms with Crippen LogP contribution in [-0.2, 0) is 20.9 Å². The Morgan fingerprint density at radius 3 is 2.51 bits per heavy atom. The van der Waals surface area contributed by atoms with Crippen molar-refractivity contribution in [2.45, 2.75) is 38.9 Å². The van der Waals surface area contributed by atoms with E-state index in [0.717, 1.165) is 23.8 Å². The fraction of sp³-hybridized carbons (Fsp3) is 0.393. The first-order valence-electron chi connectivity index (χ1n) is 12.2. The molecule has 4 rings (SSSR count). The zero-order valence-electron chi connectivity index (χ0n) is 20.8. The molecule has 9 heteroatoms. The largest absolute Gasteiger partial charge is 0.459 e. The number of imide groups is 3. The number of benzene rings is 1. The van der Waals surface area contributed by atoms with Gasteiger partial charge in [-0.3, -0.25) is 9.59 Å². The van der Waals surface area contributed by atoms with Crippen molar-refractivity contribution in [1.82, 2.24) is 4.90 Å². The number of hydrogen-bond donors (Lipinski definition) is 3. The van der Waals surface area contributed by atoms with Gasteiger partial charge in [0.15, 0.2) is 0 Å². The van der Waals surface area contributed by atoms with E-state index in [4.69, 9.17) is 4.42 Å². The molecule has 1 aromatic heterocycles. The molecule has 1 fully saturated rings. The van der Waals surface area contributed by atoms with Crippen molar-refractivity contribution in [2.75, 3.05) is 13.7 Å². The number of ether oxygens (including phenoxy) is 1. The SMILES string of the molecule is COC(=O)N1C(=O)[C@@H]2[C@@H](CC(C)=C([C@H](O)CC/C(=C/c3ccc(CO)o3)c3ccccc3)[C@@H]2CO)C1=O. The van der Waals surface area contributed by atoms with Gasteiger partial charge in [0.2, 0.25) is 11.8 Å². The molecule has 2 aliphatic rings. The molecule has 1 aliphatic heterocycles. The number of allylic oxidation sites excluding steroid dienone is 2. The molecule has 2 heterocycles. The Morgan fingerprint density at radius 1 is 1.16 bits per heavy atom.